The number of aromatic nitrogens is 1. The molecule has 18 heteroatoms. The second-order valence-corrected chi connectivity index (χ2v) is 18.0. The van der Waals surface area contributed by atoms with E-state index < -0.39 is 95.3 Å². The first-order chi connectivity index (χ1) is 30.9. The van der Waals surface area contributed by atoms with Gasteiger partial charge in [0, 0.05) is 43.0 Å². The molecule has 0 spiro atoms. The number of amides is 8. The Morgan fingerprint density at radius 3 is 2.03 bits per heavy atom. The van der Waals surface area contributed by atoms with Gasteiger partial charge in [0.05, 0.1) is 0 Å². The zero-order valence-electron chi connectivity index (χ0n) is 38.2. The van der Waals surface area contributed by atoms with Crippen LogP contribution in [0.1, 0.15) is 97.6 Å². The maximum absolute atomic E-state index is 14.8. The zero-order chi connectivity index (χ0) is 47.4. The Balaban J connectivity index is 1.36. The first-order valence-electron chi connectivity index (χ1n) is 22.6. The number of ether oxygens (including phenoxy) is 1. The Hall–Kier alpha value is -6.46. The molecule has 0 saturated carbocycles. The molecule has 3 heterocycles. The number of alkyl carbamates (subject to hydrolysis) is 1. The molecule has 18 nitrogen and oxygen atoms in total. The SMILES string of the molecule is CCCC[C@@H](NC(=O)[C@@H]1CCCN1C(=O)[C@@H]1CCCN1C(=O)[C@@H](Cc1ccccc1)NC(=O)[C@H](Cc1c[nH]c2ccccc12)NC(=O)[C@H](C)NC(=O)[C@H](C)NC(=O)OC(C)(C)C)C(N)=O. The molecule has 0 unspecified atom stereocenters. The highest BCUT2D eigenvalue weighted by atomic mass is 16.6. The van der Waals surface area contributed by atoms with Gasteiger partial charge < -0.3 is 51.8 Å². The van der Waals surface area contributed by atoms with Gasteiger partial charge in [0.1, 0.15) is 47.9 Å². The minimum absolute atomic E-state index is 0.00337. The normalized spacial score (nSPS) is 18.4. The van der Waals surface area contributed by atoms with E-state index in [0.717, 1.165) is 22.9 Å². The molecule has 0 bridgehead atoms. The van der Waals surface area contributed by atoms with Gasteiger partial charge in [0.25, 0.3) is 0 Å². The number of fused-ring (bicyclic) bond motifs is 1. The van der Waals surface area contributed by atoms with Crippen molar-refractivity contribution in [3.05, 3.63) is 71.9 Å². The number of unbranched alkanes of at least 4 members (excludes halogenated alkanes) is 1. The Kier molecular flexibility index (Phi) is 17.1. The molecule has 2 fully saturated rings. The molecule has 5 rings (SSSR count). The Labute approximate surface area is 379 Å². The van der Waals surface area contributed by atoms with Crippen molar-refractivity contribution < 1.29 is 43.1 Å². The van der Waals surface area contributed by atoms with E-state index in [2.05, 4.69) is 31.6 Å². The molecule has 352 valence electrons. The summed E-state index contributed by atoms with van der Waals surface area (Å²) < 4.78 is 5.24. The van der Waals surface area contributed by atoms with Crippen molar-refractivity contribution in [3.63, 3.8) is 0 Å². The van der Waals surface area contributed by atoms with E-state index in [1.807, 2.05) is 61.5 Å². The third-order valence-electron chi connectivity index (χ3n) is 11.7. The number of aromatic amines is 1. The van der Waals surface area contributed by atoms with Crippen molar-refractivity contribution in [3.8, 4) is 0 Å². The van der Waals surface area contributed by atoms with Gasteiger partial charge >= 0.3 is 6.09 Å². The predicted octanol–water partition coefficient (Wildman–Crippen LogP) is 2.48. The lowest BCUT2D eigenvalue weighted by Crippen LogP contribution is -2.60. The molecule has 8 N–H and O–H groups in total. The summed E-state index contributed by atoms with van der Waals surface area (Å²) in [5, 5.41) is 14.3. The molecule has 65 heavy (non-hydrogen) atoms. The van der Waals surface area contributed by atoms with Gasteiger partial charge in [-0.1, -0.05) is 68.3 Å². The minimum atomic E-state index is -1.24. The molecule has 8 amide bonds. The van der Waals surface area contributed by atoms with Gasteiger partial charge in [0.2, 0.25) is 41.4 Å². The van der Waals surface area contributed by atoms with Crippen molar-refractivity contribution >= 4 is 58.3 Å². The topological polar surface area (TPSA) is 254 Å². The van der Waals surface area contributed by atoms with E-state index in [9.17, 15) is 38.4 Å². The number of hydrogen-bond donors (Lipinski definition) is 7. The first kappa shape index (κ1) is 49.6. The number of carbonyl (C=O) groups is 8. The van der Waals surface area contributed by atoms with Gasteiger partial charge in [0.15, 0.2) is 0 Å². The summed E-state index contributed by atoms with van der Waals surface area (Å²) in [6.07, 6.45) is 4.67. The summed E-state index contributed by atoms with van der Waals surface area (Å²) >= 11 is 0. The van der Waals surface area contributed by atoms with E-state index in [0.29, 0.717) is 50.6 Å². The van der Waals surface area contributed by atoms with E-state index >= 15 is 0 Å². The number of hydrogen-bond acceptors (Lipinski definition) is 9. The van der Waals surface area contributed by atoms with Gasteiger partial charge in [-0.15, -0.1) is 0 Å². The minimum Gasteiger partial charge on any atom is -0.444 e. The van der Waals surface area contributed by atoms with Crippen LogP contribution in [-0.2, 0) is 51.1 Å². The van der Waals surface area contributed by atoms with Crippen LogP contribution < -0.4 is 32.3 Å². The summed E-state index contributed by atoms with van der Waals surface area (Å²) in [7, 11) is 0. The molecule has 2 saturated heterocycles. The summed E-state index contributed by atoms with van der Waals surface area (Å²) in [6, 6.07) is 9.30. The average molecular weight is 900 g/mol. The standard InChI is InChI=1S/C47H65N9O9/c1-7-8-19-34(39(48)57)52-43(61)37-21-14-23-55(37)45(63)38-22-15-24-56(38)44(62)36(25-30-16-10-9-11-17-30)54-42(60)35(26-31-27-49-33-20-13-12-18-32(31)33)53-41(59)28(2)50-40(58)29(3)51-46(64)65-47(4,5)6/h9-13,16-18,20,27-29,34-38,49H,7-8,14-15,19,21-26H2,1-6H3,(H2,48,57)(H,50,58)(H,51,64)(H,52,61)(H,53,59)(H,54,60)/t28-,29-,34+,35-,36+,37-,38-/m0/s1. The maximum atomic E-state index is 14.8. The molecule has 2 aromatic carbocycles. The van der Waals surface area contributed by atoms with Crippen LogP contribution >= 0.6 is 0 Å². The third-order valence-corrected chi connectivity index (χ3v) is 11.7. The molecule has 0 aliphatic carbocycles. The van der Waals surface area contributed by atoms with Gasteiger partial charge in [-0.25, -0.2) is 4.79 Å². The largest absolute Gasteiger partial charge is 0.444 e. The van der Waals surface area contributed by atoms with Crippen molar-refractivity contribution in [2.75, 3.05) is 13.1 Å². The summed E-state index contributed by atoms with van der Waals surface area (Å²) in [5.41, 5.74) is 7.05. The molecule has 7 atom stereocenters. The molecular weight excluding hydrogens is 835 g/mol. The Bertz CT molecular complexity index is 2190. The molecule has 2 aliphatic rings. The monoisotopic (exact) mass is 899 g/mol. The molecule has 3 aromatic rings. The van der Waals surface area contributed by atoms with Gasteiger partial charge in [-0.3, -0.25) is 33.6 Å². The van der Waals surface area contributed by atoms with Gasteiger partial charge in [-0.05, 0) is 83.9 Å². The van der Waals surface area contributed by atoms with Crippen molar-refractivity contribution in [1.29, 1.82) is 0 Å². The Morgan fingerprint density at radius 1 is 0.738 bits per heavy atom. The third kappa shape index (κ3) is 13.5. The molecule has 1 aromatic heterocycles. The number of H-pyrrole nitrogens is 1. The number of primary amides is 1. The van der Waals surface area contributed by atoms with Crippen LogP contribution in [0.4, 0.5) is 4.79 Å². The first-order valence-corrected chi connectivity index (χ1v) is 22.6. The highest BCUT2D eigenvalue weighted by molar-refractivity contribution is 5.98. The molecule has 2 aliphatic heterocycles. The van der Waals surface area contributed by atoms with Crippen LogP contribution in [0.5, 0.6) is 0 Å². The van der Waals surface area contributed by atoms with Crippen LogP contribution in [0.25, 0.3) is 10.9 Å². The van der Waals surface area contributed by atoms with E-state index in [-0.39, 0.29) is 19.4 Å². The fraction of sp³-hybridized carbons (Fsp3) is 0.532. The molecular formula is C47H65N9O9. The Morgan fingerprint density at radius 2 is 1.35 bits per heavy atom. The summed E-state index contributed by atoms with van der Waals surface area (Å²) in [5.74, 6) is -4.05. The van der Waals surface area contributed by atoms with Crippen molar-refractivity contribution in [2.24, 2.45) is 5.73 Å². The lowest BCUT2D eigenvalue weighted by Gasteiger charge is -2.33. The van der Waals surface area contributed by atoms with Crippen LogP contribution in [0, 0.1) is 0 Å². The lowest BCUT2D eigenvalue weighted by molar-refractivity contribution is -0.148. The van der Waals surface area contributed by atoms with Crippen molar-refractivity contribution in [1.82, 2.24) is 41.4 Å². The van der Waals surface area contributed by atoms with Crippen LogP contribution in [0.2, 0.25) is 0 Å². The second kappa shape index (κ2) is 22.4. The summed E-state index contributed by atoms with van der Waals surface area (Å²) in [4.78, 5) is 115. The van der Waals surface area contributed by atoms with E-state index in [4.69, 9.17) is 10.5 Å². The smallest absolute Gasteiger partial charge is 0.408 e. The number of rotatable bonds is 19. The highest BCUT2D eigenvalue weighted by Crippen LogP contribution is 2.27. The second-order valence-electron chi connectivity index (χ2n) is 18.0. The number of carbonyl (C=O) groups excluding carboxylic acids is 8. The lowest BCUT2D eigenvalue weighted by atomic mass is 10.0. The maximum Gasteiger partial charge on any atom is 0.408 e. The van der Waals surface area contributed by atoms with Crippen LogP contribution in [0.15, 0.2) is 60.8 Å². The number of likely N-dealkylation sites (tertiary alicyclic amines) is 2. The van der Waals surface area contributed by atoms with Crippen molar-refractivity contribution in [2.45, 2.75) is 147 Å². The quantitative estimate of drug-likeness (QED) is 0.0932. The fourth-order valence-corrected chi connectivity index (χ4v) is 8.25. The summed E-state index contributed by atoms with van der Waals surface area (Å²) in [6.45, 7) is 10.4. The average Bonchev–Trinajstić information content (AvgIpc) is 4.05. The predicted molar refractivity (Wildman–Crippen MR) is 243 cm³/mol. The van der Waals surface area contributed by atoms with Gasteiger partial charge in [-0.2, -0.15) is 0 Å². The number of nitrogens with one attached hydrogen (secondary N) is 6. The fourth-order valence-electron chi connectivity index (χ4n) is 8.25. The van der Waals surface area contributed by atoms with E-state index in [1.54, 1.807) is 27.0 Å². The number of benzene rings is 2. The highest BCUT2D eigenvalue weighted by Gasteiger charge is 2.44. The van der Waals surface area contributed by atoms with Crippen LogP contribution in [-0.4, -0.2) is 123 Å². The number of para-hydroxylation sites is 1. The number of nitrogens with zero attached hydrogens (tertiary/aromatic N) is 2. The molecule has 0 radical (unpaired) electrons. The number of nitrogens with two attached hydrogens (primary N) is 1. The zero-order valence-corrected chi connectivity index (χ0v) is 38.2. The van der Waals surface area contributed by atoms with Crippen LogP contribution in [0.3, 0.4) is 0 Å². The van der Waals surface area contributed by atoms with E-state index in [1.165, 1.54) is 23.6 Å².